The zero-order chi connectivity index (χ0) is 28.0. The molecule has 0 aliphatic rings. The lowest BCUT2D eigenvalue weighted by Crippen LogP contribution is -2.20. The van der Waals surface area contributed by atoms with Gasteiger partial charge < -0.3 is 20.5 Å². The average molecular weight is 558 g/mol. The smallest absolute Gasteiger partial charge is 0.362 e. The van der Waals surface area contributed by atoms with E-state index in [1.54, 1.807) is 48.4 Å². The van der Waals surface area contributed by atoms with Crippen molar-refractivity contribution in [2.24, 2.45) is 7.05 Å². The molecule has 3 N–H and O–H groups in total. The molecule has 2 aromatic carbocycles. The van der Waals surface area contributed by atoms with Crippen LogP contribution < -0.4 is 16.0 Å². The van der Waals surface area contributed by atoms with E-state index in [0.717, 1.165) is 17.3 Å². The summed E-state index contributed by atoms with van der Waals surface area (Å²) in [6.07, 6.45) is 0.149. The van der Waals surface area contributed by atoms with E-state index in [1.807, 2.05) is 19.1 Å². The molecule has 1 atom stereocenters. The number of nitrogens with one attached hydrogen (secondary N) is 3. The third kappa shape index (κ3) is 7.10. The van der Waals surface area contributed by atoms with Gasteiger partial charge in [0.15, 0.2) is 0 Å². The molecule has 9 nitrogen and oxygen atoms in total. The number of anilines is 4. The van der Waals surface area contributed by atoms with Gasteiger partial charge in [-0.25, -0.2) is 4.98 Å². The summed E-state index contributed by atoms with van der Waals surface area (Å²) >= 11 is 0. The van der Waals surface area contributed by atoms with Crippen molar-refractivity contribution in [1.82, 2.24) is 25.1 Å². The molecule has 13 heteroatoms. The second-order valence-electron chi connectivity index (χ2n) is 8.40. The minimum absolute atomic E-state index is 0.0390. The fourth-order valence-corrected chi connectivity index (χ4v) is 4.38. The highest BCUT2D eigenvalue weighted by Gasteiger charge is 2.35. The number of carbonyl (C=O) groups is 1. The van der Waals surface area contributed by atoms with E-state index in [2.05, 4.69) is 31.0 Å². The molecule has 1 amide bonds. The summed E-state index contributed by atoms with van der Waals surface area (Å²) in [6.45, 7) is 2.59. The molecule has 0 radical (unpaired) electrons. The van der Waals surface area contributed by atoms with E-state index >= 15 is 0 Å². The van der Waals surface area contributed by atoms with Crippen LogP contribution in [0.4, 0.5) is 36.3 Å². The van der Waals surface area contributed by atoms with Gasteiger partial charge in [0.2, 0.25) is 5.95 Å². The third-order valence-electron chi connectivity index (χ3n) is 5.61. The number of benzene rings is 2. The Bertz CT molecular complexity index is 1440. The number of halogens is 3. The Morgan fingerprint density at radius 3 is 2.49 bits per heavy atom. The van der Waals surface area contributed by atoms with E-state index in [4.69, 9.17) is 4.52 Å². The van der Waals surface area contributed by atoms with Crippen LogP contribution in [-0.2, 0) is 23.9 Å². The summed E-state index contributed by atoms with van der Waals surface area (Å²) in [5.74, 6) is -1.01. The first-order valence-electron chi connectivity index (χ1n) is 11.9. The predicted octanol–water partition coefficient (Wildman–Crippen LogP) is 5.87. The molecule has 0 aliphatic carbocycles. The molecule has 4 rings (SSSR count). The first-order chi connectivity index (χ1) is 18.7. The molecule has 0 aliphatic heterocycles. The van der Waals surface area contributed by atoms with E-state index < -0.39 is 23.5 Å². The molecule has 2 heterocycles. The summed E-state index contributed by atoms with van der Waals surface area (Å²) in [5.41, 5.74) is 2.33. The van der Waals surface area contributed by atoms with Crippen molar-refractivity contribution in [2.75, 3.05) is 24.3 Å². The molecule has 0 spiro atoms. The number of rotatable bonds is 10. The predicted molar refractivity (Wildman–Crippen MR) is 146 cm³/mol. The Labute approximate surface area is 225 Å². The van der Waals surface area contributed by atoms with Gasteiger partial charge in [0, 0.05) is 59.3 Å². The Kier molecular flexibility index (Phi) is 8.78. The lowest BCUT2D eigenvalue weighted by atomic mass is 10.0. The number of hydrogen-bond acceptors (Lipinski definition) is 7. The minimum Gasteiger partial charge on any atom is -0.362 e. The molecule has 0 bridgehead atoms. The number of aryl methyl sites for hydroxylation is 1. The Morgan fingerprint density at radius 1 is 1.08 bits per heavy atom. The summed E-state index contributed by atoms with van der Waals surface area (Å²) in [7, 11) is 3.56. The van der Waals surface area contributed by atoms with Crippen molar-refractivity contribution in [2.45, 2.75) is 19.3 Å². The lowest BCUT2D eigenvalue weighted by Gasteiger charge is -2.17. The zero-order valence-corrected chi connectivity index (χ0v) is 22.4. The standard InChI is InChI=1S/C26H27F3N7O2P/c1-4-38-39-15-16-5-8-19(9-6-16)33-25-31-13-21(26(27,28)29)23(35-25)34-22-10-7-17(11-20(22)24(37)30-2)18-12-32-36(3)14-18/h5-14,39H,4,15H2,1-3H3,(H,30,37)(H2,31,33,34,35). The van der Waals surface area contributed by atoms with Crippen molar-refractivity contribution in [3.63, 3.8) is 0 Å². The van der Waals surface area contributed by atoms with E-state index in [-0.39, 0.29) is 17.2 Å². The molecule has 39 heavy (non-hydrogen) atoms. The van der Waals surface area contributed by atoms with Crippen LogP contribution >= 0.6 is 8.81 Å². The summed E-state index contributed by atoms with van der Waals surface area (Å²) < 4.78 is 48.6. The molecule has 4 aromatic rings. The van der Waals surface area contributed by atoms with Crippen LogP contribution in [0.15, 0.2) is 61.1 Å². The van der Waals surface area contributed by atoms with Gasteiger partial charge in [-0.3, -0.25) is 9.48 Å². The van der Waals surface area contributed by atoms with Gasteiger partial charge in [-0.05, 0) is 42.3 Å². The van der Waals surface area contributed by atoms with E-state index in [9.17, 15) is 18.0 Å². The summed E-state index contributed by atoms with van der Waals surface area (Å²) in [4.78, 5) is 20.6. The molecule has 1 unspecified atom stereocenters. The van der Waals surface area contributed by atoms with Crippen molar-refractivity contribution in [3.05, 3.63) is 77.7 Å². The monoisotopic (exact) mass is 557 g/mol. The Balaban J connectivity index is 1.64. The Hall–Kier alpha value is -4.02. The van der Waals surface area contributed by atoms with Crippen LogP contribution in [0.25, 0.3) is 11.1 Å². The minimum atomic E-state index is -4.73. The van der Waals surface area contributed by atoms with Gasteiger partial charge in [0.05, 0.1) is 17.4 Å². The average Bonchev–Trinajstić information content (AvgIpc) is 3.35. The summed E-state index contributed by atoms with van der Waals surface area (Å²) in [5, 5.41) is 12.3. The van der Waals surface area contributed by atoms with Crippen molar-refractivity contribution < 1.29 is 22.5 Å². The number of carbonyl (C=O) groups excluding carboxylic acids is 1. The van der Waals surface area contributed by atoms with Crippen LogP contribution in [0, 0.1) is 0 Å². The van der Waals surface area contributed by atoms with E-state index in [1.165, 1.54) is 13.1 Å². The first kappa shape index (κ1) is 28.0. The molecule has 0 fully saturated rings. The second-order valence-corrected chi connectivity index (χ2v) is 9.33. The van der Waals surface area contributed by atoms with Crippen LogP contribution in [0.3, 0.4) is 0 Å². The maximum Gasteiger partial charge on any atom is 0.421 e. The van der Waals surface area contributed by atoms with Gasteiger partial charge in [0.25, 0.3) is 5.91 Å². The fourth-order valence-electron chi connectivity index (χ4n) is 3.67. The first-order valence-corrected chi connectivity index (χ1v) is 13.1. The molecule has 0 saturated carbocycles. The van der Waals surface area contributed by atoms with Crippen LogP contribution in [0.1, 0.15) is 28.4 Å². The maximum atomic E-state index is 13.9. The molecule has 0 saturated heterocycles. The number of hydrogen-bond donors (Lipinski definition) is 3. The highest BCUT2D eigenvalue weighted by atomic mass is 31.1. The fraction of sp³-hybridized carbons (Fsp3) is 0.231. The van der Waals surface area contributed by atoms with Gasteiger partial charge in [-0.2, -0.15) is 23.3 Å². The number of nitrogens with zero attached hydrogens (tertiary/aromatic N) is 4. The molecular weight excluding hydrogens is 530 g/mol. The highest BCUT2D eigenvalue weighted by molar-refractivity contribution is 7.31. The van der Waals surface area contributed by atoms with Crippen molar-refractivity contribution >= 4 is 37.9 Å². The van der Waals surface area contributed by atoms with Crippen LogP contribution in [0.5, 0.6) is 0 Å². The van der Waals surface area contributed by atoms with Crippen LogP contribution in [0.2, 0.25) is 0 Å². The van der Waals surface area contributed by atoms with Crippen molar-refractivity contribution in [3.8, 4) is 11.1 Å². The number of aromatic nitrogens is 4. The molecule has 2 aromatic heterocycles. The Morgan fingerprint density at radius 2 is 1.85 bits per heavy atom. The van der Waals surface area contributed by atoms with Gasteiger partial charge in [-0.15, -0.1) is 0 Å². The topological polar surface area (TPSA) is 106 Å². The van der Waals surface area contributed by atoms with Gasteiger partial charge in [-0.1, -0.05) is 18.2 Å². The van der Waals surface area contributed by atoms with Crippen LogP contribution in [-0.4, -0.2) is 39.3 Å². The molecular formula is C26H27F3N7O2P. The summed E-state index contributed by atoms with van der Waals surface area (Å²) in [6, 6.07) is 12.2. The molecule has 204 valence electrons. The number of amides is 1. The third-order valence-corrected chi connectivity index (χ3v) is 6.65. The van der Waals surface area contributed by atoms with E-state index in [0.29, 0.717) is 32.9 Å². The highest BCUT2D eigenvalue weighted by Crippen LogP contribution is 2.36. The zero-order valence-electron chi connectivity index (χ0n) is 21.4. The normalized spacial score (nSPS) is 11.6. The lowest BCUT2D eigenvalue weighted by molar-refractivity contribution is -0.137. The largest absolute Gasteiger partial charge is 0.421 e. The van der Waals surface area contributed by atoms with Crippen molar-refractivity contribution in [1.29, 1.82) is 0 Å². The SMILES string of the molecule is CCOPCc1ccc(Nc2ncc(C(F)(F)F)c(Nc3ccc(-c4cnn(C)c4)cc3C(=O)NC)n2)cc1. The second kappa shape index (κ2) is 12.2. The maximum absolute atomic E-state index is 13.9. The quantitative estimate of drug-likeness (QED) is 0.165. The van der Waals surface area contributed by atoms with Gasteiger partial charge in [0.1, 0.15) is 11.4 Å². The van der Waals surface area contributed by atoms with Gasteiger partial charge >= 0.3 is 6.18 Å². The number of alkyl halides is 3.